The highest BCUT2D eigenvalue weighted by atomic mass is 16.3. The molecule has 2 aliphatic rings. The van der Waals surface area contributed by atoms with Crippen molar-refractivity contribution in [2.45, 2.75) is 37.5 Å². The Kier molecular flexibility index (Phi) is 4.47. The number of benzene rings is 2. The van der Waals surface area contributed by atoms with Gasteiger partial charge in [0.2, 0.25) is 5.91 Å². The summed E-state index contributed by atoms with van der Waals surface area (Å²) in [6.07, 6.45) is 1.37. The molecule has 1 unspecified atom stereocenters. The molecule has 1 heterocycles. The van der Waals surface area contributed by atoms with Crippen molar-refractivity contribution in [3.8, 4) is 0 Å². The van der Waals surface area contributed by atoms with Gasteiger partial charge in [0.25, 0.3) is 5.91 Å². The molecule has 5 heteroatoms. The Morgan fingerprint density at radius 3 is 2.58 bits per heavy atom. The van der Waals surface area contributed by atoms with Crippen molar-refractivity contribution in [3.05, 3.63) is 71.3 Å². The Morgan fingerprint density at radius 2 is 1.77 bits per heavy atom. The van der Waals surface area contributed by atoms with Crippen LogP contribution in [0.2, 0.25) is 0 Å². The summed E-state index contributed by atoms with van der Waals surface area (Å²) in [6.45, 7) is 0.579. The first kappa shape index (κ1) is 16.8. The molecule has 0 radical (unpaired) electrons. The third kappa shape index (κ3) is 2.99. The minimum Gasteiger partial charge on any atom is -0.390 e. The first-order valence-corrected chi connectivity index (χ1v) is 9.07. The summed E-state index contributed by atoms with van der Waals surface area (Å²) in [6, 6.07) is 15.9. The van der Waals surface area contributed by atoms with E-state index in [4.69, 9.17) is 0 Å². The van der Waals surface area contributed by atoms with Crippen LogP contribution in [0.1, 0.15) is 40.4 Å². The van der Waals surface area contributed by atoms with Crippen LogP contribution in [-0.2, 0) is 11.2 Å². The lowest BCUT2D eigenvalue weighted by Gasteiger charge is -2.26. The SMILES string of the molecule is O=C(N[C@H]1c2ccccc2C[C@H]1O)C1CCCN1C(=O)c1ccccc1. The molecule has 0 aromatic heterocycles. The minimum absolute atomic E-state index is 0.115. The smallest absolute Gasteiger partial charge is 0.254 e. The number of amides is 2. The number of rotatable bonds is 3. The topological polar surface area (TPSA) is 69.6 Å². The molecular weight excluding hydrogens is 328 g/mol. The van der Waals surface area contributed by atoms with Gasteiger partial charge in [-0.15, -0.1) is 0 Å². The molecular formula is C21H22N2O3. The summed E-state index contributed by atoms with van der Waals surface area (Å²) < 4.78 is 0. The zero-order valence-electron chi connectivity index (χ0n) is 14.5. The fraction of sp³-hybridized carbons (Fsp3) is 0.333. The number of aliphatic hydroxyl groups is 1. The quantitative estimate of drug-likeness (QED) is 0.890. The lowest BCUT2D eigenvalue weighted by molar-refractivity contribution is -0.126. The van der Waals surface area contributed by atoms with Crippen LogP contribution >= 0.6 is 0 Å². The first-order valence-electron chi connectivity index (χ1n) is 9.07. The molecule has 4 rings (SSSR count). The van der Waals surface area contributed by atoms with Gasteiger partial charge in [0.15, 0.2) is 0 Å². The third-order valence-electron chi connectivity index (χ3n) is 5.34. The fourth-order valence-electron chi connectivity index (χ4n) is 4.03. The van der Waals surface area contributed by atoms with E-state index in [0.29, 0.717) is 24.9 Å². The van der Waals surface area contributed by atoms with Crippen molar-refractivity contribution in [2.24, 2.45) is 0 Å². The van der Waals surface area contributed by atoms with Crippen molar-refractivity contribution in [2.75, 3.05) is 6.54 Å². The Bertz CT molecular complexity index is 821. The predicted molar refractivity (Wildman–Crippen MR) is 97.5 cm³/mol. The molecule has 1 aliphatic carbocycles. The molecule has 5 nitrogen and oxygen atoms in total. The van der Waals surface area contributed by atoms with E-state index < -0.39 is 18.2 Å². The maximum Gasteiger partial charge on any atom is 0.254 e. The van der Waals surface area contributed by atoms with Crippen molar-refractivity contribution < 1.29 is 14.7 Å². The van der Waals surface area contributed by atoms with Crippen LogP contribution in [0.3, 0.4) is 0 Å². The van der Waals surface area contributed by atoms with Gasteiger partial charge in [0.05, 0.1) is 12.1 Å². The van der Waals surface area contributed by atoms with Gasteiger partial charge in [-0.25, -0.2) is 0 Å². The van der Waals surface area contributed by atoms with Crippen LogP contribution in [-0.4, -0.2) is 40.5 Å². The van der Waals surface area contributed by atoms with E-state index in [1.165, 1.54) is 0 Å². The third-order valence-corrected chi connectivity index (χ3v) is 5.34. The highest BCUT2D eigenvalue weighted by molar-refractivity contribution is 5.98. The van der Waals surface area contributed by atoms with E-state index in [1.54, 1.807) is 17.0 Å². The van der Waals surface area contributed by atoms with Gasteiger partial charge in [-0.05, 0) is 36.1 Å². The fourth-order valence-corrected chi connectivity index (χ4v) is 4.03. The second-order valence-corrected chi connectivity index (χ2v) is 6.98. The molecule has 2 aromatic rings. The molecule has 1 aliphatic heterocycles. The van der Waals surface area contributed by atoms with Gasteiger partial charge in [-0.1, -0.05) is 42.5 Å². The maximum absolute atomic E-state index is 12.9. The molecule has 134 valence electrons. The average molecular weight is 350 g/mol. The molecule has 2 N–H and O–H groups in total. The van der Waals surface area contributed by atoms with E-state index in [2.05, 4.69) is 5.32 Å². The number of fused-ring (bicyclic) bond motifs is 1. The molecule has 1 fully saturated rings. The number of carbonyl (C=O) groups is 2. The highest BCUT2D eigenvalue weighted by Crippen LogP contribution is 2.32. The lowest BCUT2D eigenvalue weighted by atomic mass is 10.1. The molecule has 1 saturated heterocycles. The molecule has 0 bridgehead atoms. The monoisotopic (exact) mass is 350 g/mol. The summed E-state index contributed by atoms with van der Waals surface area (Å²) in [7, 11) is 0. The first-order chi connectivity index (χ1) is 12.6. The van der Waals surface area contributed by atoms with E-state index in [1.807, 2.05) is 42.5 Å². The second kappa shape index (κ2) is 6.92. The predicted octanol–water partition coefficient (Wildman–Crippen LogP) is 2.07. The minimum atomic E-state index is -0.629. The molecule has 2 amide bonds. The van der Waals surface area contributed by atoms with E-state index in [-0.39, 0.29) is 11.8 Å². The molecule has 26 heavy (non-hydrogen) atoms. The molecule has 3 atom stereocenters. The summed E-state index contributed by atoms with van der Waals surface area (Å²) in [4.78, 5) is 27.3. The summed E-state index contributed by atoms with van der Waals surface area (Å²) in [5.74, 6) is -0.303. The second-order valence-electron chi connectivity index (χ2n) is 6.98. The number of nitrogens with one attached hydrogen (secondary N) is 1. The Labute approximate surface area is 152 Å². The lowest BCUT2D eigenvalue weighted by Crippen LogP contribution is -2.48. The van der Waals surface area contributed by atoms with Crippen molar-refractivity contribution >= 4 is 11.8 Å². The average Bonchev–Trinajstić information content (AvgIpc) is 3.27. The van der Waals surface area contributed by atoms with Gasteiger partial charge < -0.3 is 15.3 Å². The summed E-state index contributed by atoms with van der Waals surface area (Å²) in [5.41, 5.74) is 2.62. The maximum atomic E-state index is 12.9. The molecule has 0 saturated carbocycles. The van der Waals surface area contributed by atoms with Crippen LogP contribution in [0.25, 0.3) is 0 Å². The van der Waals surface area contributed by atoms with Crippen molar-refractivity contribution in [1.82, 2.24) is 10.2 Å². The number of hydrogen-bond donors (Lipinski definition) is 2. The number of likely N-dealkylation sites (tertiary alicyclic amines) is 1. The zero-order valence-corrected chi connectivity index (χ0v) is 14.5. The Hall–Kier alpha value is -2.66. The Balaban J connectivity index is 1.50. The van der Waals surface area contributed by atoms with E-state index >= 15 is 0 Å². The van der Waals surface area contributed by atoms with E-state index in [9.17, 15) is 14.7 Å². The van der Waals surface area contributed by atoms with E-state index in [0.717, 1.165) is 17.5 Å². The number of aliphatic hydroxyl groups excluding tert-OH is 1. The highest BCUT2D eigenvalue weighted by Gasteiger charge is 2.38. The van der Waals surface area contributed by atoms with Gasteiger partial charge in [-0.2, -0.15) is 0 Å². The zero-order chi connectivity index (χ0) is 18.1. The van der Waals surface area contributed by atoms with Crippen LogP contribution in [0.15, 0.2) is 54.6 Å². The number of hydrogen-bond acceptors (Lipinski definition) is 3. The summed E-state index contributed by atoms with van der Waals surface area (Å²) >= 11 is 0. The van der Waals surface area contributed by atoms with Gasteiger partial charge in [0.1, 0.15) is 6.04 Å². The largest absolute Gasteiger partial charge is 0.390 e. The summed E-state index contributed by atoms with van der Waals surface area (Å²) in [5, 5.41) is 13.3. The van der Waals surface area contributed by atoms with Gasteiger partial charge in [-0.3, -0.25) is 9.59 Å². The molecule has 0 spiro atoms. The van der Waals surface area contributed by atoms with Gasteiger partial charge in [0, 0.05) is 18.5 Å². The normalized spacial score (nSPS) is 24.3. The van der Waals surface area contributed by atoms with Crippen molar-refractivity contribution in [3.63, 3.8) is 0 Å². The molecule has 2 aromatic carbocycles. The van der Waals surface area contributed by atoms with Crippen LogP contribution in [0.4, 0.5) is 0 Å². The van der Waals surface area contributed by atoms with Crippen molar-refractivity contribution in [1.29, 1.82) is 0 Å². The number of nitrogens with zero attached hydrogens (tertiary/aromatic N) is 1. The Morgan fingerprint density at radius 1 is 1.04 bits per heavy atom. The van der Waals surface area contributed by atoms with Crippen LogP contribution < -0.4 is 5.32 Å². The number of carbonyl (C=O) groups excluding carboxylic acids is 2. The van der Waals surface area contributed by atoms with Crippen LogP contribution in [0, 0.1) is 0 Å². The standard InChI is InChI=1S/C21H22N2O3/c24-18-13-15-9-4-5-10-16(15)19(18)22-20(25)17-11-6-12-23(17)21(26)14-7-2-1-3-8-14/h1-5,7-10,17-19,24H,6,11-13H2,(H,22,25)/t17?,18-,19+/m1/s1. The van der Waals surface area contributed by atoms with Crippen LogP contribution in [0.5, 0.6) is 0 Å². The van der Waals surface area contributed by atoms with Gasteiger partial charge >= 0.3 is 0 Å².